The Morgan fingerprint density at radius 1 is 1.09 bits per heavy atom. The quantitative estimate of drug-likeness (QED) is 0.470. The van der Waals surface area contributed by atoms with Crippen molar-refractivity contribution in [3.8, 4) is 5.75 Å². The van der Waals surface area contributed by atoms with Gasteiger partial charge in [-0.05, 0) is 53.9 Å². The van der Waals surface area contributed by atoms with Crippen LogP contribution < -0.4 is 4.74 Å². The largest absolute Gasteiger partial charge is 0.492 e. The molecule has 5 heteroatoms. The Hall–Kier alpha value is -2.56. The number of piperidine rings is 1. The molecule has 0 unspecified atom stereocenters. The standard InChI is InChI=1S/C27H26ClNO3/c1-31-26(30)27-16-32-22-14-11-17-6-2-3-7-20(17)23(22)25(27)29-15-5-4-8-21(29)24(27)18-9-12-19(28)13-10-18/h2-3,6-7,9-14,21,24-25H,4-5,8,15-16H2,1H3/t21-,24-,25-,27+/m1/s1. The summed E-state index contributed by atoms with van der Waals surface area (Å²) < 4.78 is 11.9. The van der Waals surface area contributed by atoms with Crippen molar-refractivity contribution in [3.63, 3.8) is 0 Å². The molecule has 0 spiro atoms. The molecule has 0 saturated carbocycles. The second-order valence-electron chi connectivity index (χ2n) is 9.25. The molecule has 6 rings (SSSR count). The van der Waals surface area contributed by atoms with E-state index in [-0.39, 0.29) is 24.0 Å². The highest BCUT2D eigenvalue weighted by atomic mass is 35.5. The van der Waals surface area contributed by atoms with Crippen LogP contribution in [0.5, 0.6) is 5.75 Å². The molecule has 2 fully saturated rings. The summed E-state index contributed by atoms with van der Waals surface area (Å²) in [7, 11) is 1.50. The van der Waals surface area contributed by atoms with E-state index in [1.54, 1.807) is 0 Å². The number of benzene rings is 3. The zero-order valence-corrected chi connectivity index (χ0v) is 18.8. The van der Waals surface area contributed by atoms with Crippen LogP contribution >= 0.6 is 11.6 Å². The van der Waals surface area contributed by atoms with Crippen molar-refractivity contribution in [3.05, 3.63) is 76.8 Å². The number of halogens is 1. The van der Waals surface area contributed by atoms with E-state index in [9.17, 15) is 4.79 Å². The number of methoxy groups -OCH3 is 1. The molecule has 32 heavy (non-hydrogen) atoms. The van der Waals surface area contributed by atoms with Crippen LogP contribution in [0.1, 0.15) is 42.3 Å². The second kappa shape index (κ2) is 7.50. The number of hydrogen-bond donors (Lipinski definition) is 0. The predicted molar refractivity (Wildman–Crippen MR) is 125 cm³/mol. The lowest BCUT2D eigenvalue weighted by atomic mass is 9.65. The minimum absolute atomic E-state index is 0.0235. The first-order valence-corrected chi connectivity index (χ1v) is 11.8. The highest BCUT2D eigenvalue weighted by molar-refractivity contribution is 6.30. The lowest BCUT2D eigenvalue weighted by Gasteiger charge is -2.43. The summed E-state index contributed by atoms with van der Waals surface area (Å²) in [4.78, 5) is 16.3. The smallest absolute Gasteiger partial charge is 0.317 e. The van der Waals surface area contributed by atoms with E-state index in [1.165, 1.54) is 18.9 Å². The first-order chi connectivity index (χ1) is 15.6. The van der Waals surface area contributed by atoms with E-state index in [0.29, 0.717) is 11.6 Å². The van der Waals surface area contributed by atoms with E-state index >= 15 is 0 Å². The molecule has 0 radical (unpaired) electrons. The molecule has 3 aromatic rings. The van der Waals surface area contributed by atoms with Crippen LogP contribution in [0.25, 0.3) is 10.8 Å². The molecule has 3 aliphatic rings. The molecular formula is C27H26ClNO3. The van der Waals surface area contributed by atoms with Crippen LogP contribution in [-0.4, -0.2) is 37.2 Å². The summed E-state index contributed by atoms with van der Waals surface area (Å²) in [5.41, 5.74) is 1.45. The van der Waals surface area contributed by atoms with Gasteiger partial charge in [-0.1, -0.05) is 60.5 Å². The van der Waals surface area contributed by atoms with Gasteiger partial charge in [0.1, 0.15) is 17.8 Å². The molecule has 164 valence electrons. The Morgan fingerprint density at radius 2 is 1.91 bits per heavy atom. The third-order valence-corrected chi connectivity index (χ3v) is 8.07. The molecule has 3 aromatic carbocycles. The van der Waals surface area contributed by atoms with Gasteiger partial charge >= 0.3 is 5.97 Å². The summed E-state index contributed by atoms with van der Waals surface area (Å²) in [6.45, 7) is 1.29. The van der Waals surface area contributed by atoms with Crippen molar-refractivity contribution in [2.24, 2.45) is 5.41 Å². The van der Waals surface area contributed by atoms with Crippen molar-refractivity contribution < 1.29 is 14.3 Å². The molecule has 0 aromatic heterocycles. The molecule has 0 amide bonds. The maximum Gasteiger partial charge on any atom is 0.317 e. The zero-order valence-electron chi connectivity index (χ0n) is 18.1. The number of carbonyl (C=O) groups is 1. The van der Waals surface area contributed by atoms with E-state index in [0.717, 1.165) is 41.6 Å². The van der Waals surface area contributed by atoms with Gasteiger partial charge in [-0.25, -0.2) is 0 Å². The number of carbonyl (C=O) groups excluding carboxylic acids is 1. The van der Waals surface area contributed by atoms with Crippen molar-refractivity contribution in [1.29, 1.82) is 0 Å². The van der Waals surface area contributed by atoms with E-state index in [4.69, 9.17) is 21.1 Å². The molecule has 0 aliphatic carbocycles. The van der Waals surface area contributed by atoms with Crippen LogP contribution in [0.4, 0.5) is 0 Å². The minimum atomic E-state index is -0.811. The monoisotopic (exact) mass is 447 g/mol. The number of hydrogen-bond acceptors (Lipinski definition) is 4. The van der Waals surface area contributed by atoms with E-state index < -0.39 is 5.41 Å². The van der Waals surface area contributed by atoms with Gasteiger partial charge < -0.3 is 9.47 Å². The third kappa shape index (κ3) is 2.69. The van der Waals surface area contributed by atoms with Crippen molar-refractivity contribution in [2.45, 2.75) is 37.3 Å². The van der Waals surface area contributed by atoms with E-state index in [2.05, 4.69) is 53.4 Å². The Kier molecular flexibility index (Phi) is 4.70. The van der Waals surface area contributed by atoms with Crippen molar-refractivity contribution in [2.75, 3.05) is 20.3 Å². The van der Waals surface area contributed by atoms with Gasteiger partial charge in [-0.2, -0.15) is 0 Å². The molecule has 3 heterocycles. The summed E-state index contributed by atoms with van der Waals surface area (Å²) in [5, 5.41) is 3.02. The normalized spacial score (nSPS) is 29.0. The number of fused-ring (bicyclic) bond motifs is 7. The van der Waals surface area contributed by atoms with E-state index in [1.807, 2.05) is 12.1 Å². The van der Waals surface area contributed by atoms with Crippen LogP contribution in [0.3, 0.4) is 0 Å². The number of esters is 1. The molecule has 0 bridgehead atoms. The Morgan fingerprint density at radius 3 is 2.72 bits per heavy atom. The molecule has 4 nitrogen and oxygen atoms in total. The molecule has 4 atom stereocenters. The number of rotatable bonds is 2. The summed E-state index contributed by atoms with van der Waals surface area (Å²) in [6.07, 6.45) is 3.36. The highest BCUT2D eigenvalue weighted by Gasteiger charge is 2.67. The summed E-state index contributed by atoms with van der Waals surface area (Å²) >= 11 is 6.22. The predicted octanol–water partition coefficient (Wildman–Crippen LogP) is 5.74. The van der Waals surface area contributed by atoms with Gasteiger partial charge in [0.05, 0.1) is 13.2 Å². The Balaban J connectivity index is 1.64. The molecular weight excluding hydrogens is 422 g/mol. The lowest BCUT2D eigenvalue weighted by molar-refractivity contribution is -0.159. The van der Waals surface area contributed by atoms with Gasteiger partial charge in [0.25, 0.3) is 0 Å². The average molecular weight is 448 g/mol. The van der Waals surface area contributed by atoms with Gasteiger partial charge in [-0.15, -0.1) is 0 Å². The summed E-state index contributed by atoms with van der Waals surface area (Å²) in [6, 6.07) is 20.7. The summed E-state index contributed by atoms with van der Waals surface area (Å²) in [5.74, 6) is 0.675. The molecule has 2 saturated heterocycles. The topological polar surface area (TPSA) is 38.8 Å². The fourth-order valence-electron chi connectivity index (χ4n) is 6.62. The molecule has 0 N–H and O–H groups in total. The van der Waals surface area contributed by atoms with Crippen LogP contribution in [-0.2, 0) is 9.53 Å². The number of ether oxygens (including phenoxy) is 2. The van der Waals surface area contributed by atoms with Crippen molar-refractivity contribution >= 4 is 28.3 Å². The molecule has 3 aliphatic heterocycles. The maximum absolute atomic E-state index is 13.8. The zero-order chi connectivity index (χ0) is 21.9. The second-order valence-corrected chi connectivity index (χ2v) is 9.69. The highest BCUT2D eigenvalue weighted by Crippen LogP contribution is 2.64. The fraction of sp³-hybridized carbons (Fsp3) is 0.370. The fourth-order valence-corrected chi connectivity index (χ4v) is 6.74. The maximum atomic E-state index is 13.8. The minimum Gasteiger partial charge on any atom is -0.492 e. The van der Waals surface area contributed by atoms with Gasteiger partial charge in [0.15, 0.2) is 0 Å². The lowest BCUT2D eigenvalue weighted by Crippen LogP contribution is -2.48. The first kappa shape index (κ1) is 20.1. The van der Waals surface area contributed by atoms with Crippen LogP contribution in [0, 0.1) is 5.41 Å². The SMILES string of the molecule is COC(=O)[C@]12COc3ccc4ccccc4c3[C@H]1N1CCCC[C@@H]1[C@H]2c1ccc(Cl)cc1. The van der Waals surface area contributed by atoms with Gasteiger partial charge in [0, 0.05) is 22.5 Å². The third-order valence-electron chi connectivity index (χ3n) is 7.82. The first-order valence-electron chi connectivity index (χ1n) is 11.4. The Bertz CT molecular complexity index is 1190. The van der Waals surface area contributed by atoms with Gasteiger partial charge in [-0.3, -0.25) is 9.69 Å². The Labute approximate surface area is 193 Å². The van der Waals surface area contributed by atoms with Crippen LogP contribution in [0.15, 0.2) is 60.7 Å². The number of nitrogens with zero attached hydrogens (tertiary/aromatic N) is 1. The average Bonchev–Trinajstić information content (AvgIpc) is 3.15. The van der Waals surface area contributed by atoms with Gasteiger partial charge in [0.2, 0.25) is 0 Å². The van der Waals surface area contributed by atoms with Crippen molar-refractivity contribution in [1.82, 2.24) is 4.90 Å². The van der Waals surface area contributed by atoms with Crippen LogP contribution in [0.2, 0.25) is 5.02 Å².